The lowest BCUT2D eigenvalue weighted by atomic mass is 10.1. The fraction of sp³-hybridized carbons (Fsp3) is 0.571. The molecule has 1 unspecified atom stereocenters. The number of carbonyl (C=O) groups excluding carboxylic acids is 1. The Morgan fingerprint density at radius 1 is 1.65 bits per heavy atom. The predicted molar refractivity (Wildman–Crippen MR) is 75.5 cm³/mol. The molecule has 2 N–H and O–H groups in total. The topological polar surface area (TPSA) is 74.7 Å². The summed E-state index contributed by atoms with van der Waals surface area (Å²) < 4.78 is 5.40. The normalized spacial score (nSPS) is 20.6. The first-order chi connectivity index (χ1) is 9.63. The molecule has 1 aromatic rings. The van der Waals surface area contributed by atoms with Gasteiger partial charge in [0.1, 0.15) is 6.04 Å². The van der Waals surface area contributed by atoms with Crippen molar-refractivity contribution in [1.29, 1.82) is 0 Å². The van der Waals surface area contributed by atoms with Crippen molar-refractivity contribution in [3.05, 3.63) is 24.0 Å². The van der Waals surface area contributed by atoms with Gasteiger partial charge in [-0.15, -0.1) is 0 Å². The monoisotopic (exact) mass is 279 g/mol. The third kappa shape index (κ3) is 3.26. The third-order valence-corrected chi connectivity index (χ3v) is 3.31. The Labute approximate surface area is 118 Å². The molecule has 0 radical (unpaired) electrons. The number of anilines is 1. The summed E-state index contributed by atoms with van der Waals surface area (Å²) in [5.41, 5.74) is 1.49. The average Bonchev–Trinajstić information content (AvgIpc) is 2.47. The van der Waals surface area contributed by atoms with E-state index >= 15 is 0 Å². The van der Waals surface area contributed by atoms with Gasteiger partial charge < -0.3 is 20.1 Å². The number of aliphatic hydroxyl groups is 1. The number of rotatable bonds is 4. The van der Waals surface area contributed by atoms with Gasteiger partial charge in [-0.3, -0.25) is 9.78 Å². The van der Waals surface area contributed by atoms with Crippen molar-refractivity contribution in [1.82, 2.24) is 10.3 Å². The smallest absolute Gasteiger partial charge is 0.245 e. The minimum Gasteiger partial charge on any atom is -0.387 e. The van der Waals surface area contributed by atoms with E-state index in [4.69, 9.17) is 4.74 Å². The van der Waals surface area contributed by atoms with Gasteiger partial charge in [-0.1, -0.05) is 0 Å². The summed E-state index contributed by atoms with van der Waals surface area (Å²) in [6, 6.07) is 3.33. The molecule has 1 aromatic heterocycles. The lowest BCUT2D eigenvalue weighted by Crippen LogP contribution is -2.54. The number of aliphatic hydroxyl groups excluding tert-OH is 1. The van der Waals surface area contributed by atoms with E-state index in [2.05, 4.69) is 10.3 Å². The molecule has 6 nitrogen and oxygen atoms in total. The van der Waals surface area contributed by atoms with Crippen LogP contribution in [-0.4, -0.2) is 48.3 Å². The Balaban J connectivity index is 2.16. The molecule has 1 fully saturated rings. The predicted octanol–water partition coefficient (Wildman–Crippen LogP) is 0.476. The minimum atomic E-state index is -0.590. The Morgan fingerprint density at radius 2 is 2.45 bits per heavy atom. The van der Waals surface area contributed by atoms with Crippen LogP contribution in [0.5, 0.6) is 0 Å². The molecule has 0 bridgehead atoms. The maximum absolute atomic E-state index is 12.1. The highest BCUT2D eigenvalue weighted by atomic mass is 16.5. The molecule has 1 aliphatic rings. The summed E-state index contributed by atoms with van der Waals surface area (Å²) in [7, 11) is 0. The number of likely N-dealkylation sites (N-methyl/N-ethyl adjacent to an activating group) is 1. The van der Waals surface area contributed by atoms with Crippen LogP contribution in [0.3, 0.4) is 0 Å². The summed E-state index contributed by atoms with van der Waals surface area (Å²) >= 11 is 0. The fourth-order valence-corrected chi connectivity index (χ4v) is 2.24. The van der Waals surface area contributed by atoms with E-state index in [1.54, 1.807) is 19.2 Å². The van der Waals surface area contributed by atoms with Crippen molar-refractivity contribution in [2.24, 2.45) is 0 Å². The molecule has 0 saturated carbocycles. The zero-order valence-corrected chi connectivity index (χ0v) is 11.9. The minimum absolute atomic E-state index is 0.0354. The Bertz CT molecular complexity index is 447. The van der Waals surface area contributed by atoms with E-state index < -0.39 is 6.10 Å². The maximum Gasteiger partial charge on any atom is 0.245 e. The second-order valence-electron chi connectivity index (χ2n) is 4.80. The molecule has 1 aliphatic heterocycles. The van der Waals surface area contributed by atoms with Crippen molar-refractivity contribution in [3.63, 3.8) is 0 Å². The molecule has 20 heavy (non-hydrogen) atoms. The van der Waals surface area contributed by atoms with Gasteiger partial charge in [0.05, 0.1) is 36.9 Å². The number of nitrogens with zero attached hydrogens (tertiary/aromatic N) is 2. The van der Waals surface area contributed by atoms with Gasteiger partial charge in [-0.25, -0.2) is 0 Å². The van der Waals surface area contributed by atoms with Crippen molar-refractivity contribution in [2.75, 3.05) is 31.2 Å². The largest absolute Gasteiger partial charge is 0.387 e. The van der Waals surface area contributed by atoms with Crippen molar-refractivity contribution >= 4 is 11.6 Å². The molecule has 2 atom stereocenters. The van der Waals surface area contributed by atoms with E-state index in [0.717, 1.165) is 5.69 Å². The first-order valence-corrected chi connectivity index (χ1v) is 6.89. The van der Waals surface area contributed by atoms with Crippen LogP contribution in [0.15, 0.2) is 18.3 Å². The molecule has 2 heterocycles. The fourth-order valence-electron chi connectivity index (χ4n) is 2.24. The van der Waals surface area contributed by atoms with Crippen molar-refractivity contribution < 1.29 is 14.6 Å². The number of ether oxygens (including phenoxy) is 1. The highest BCUT2D eigenvalue weighted by Crippen LogP contribution is 2.20. The van der Waals surface area contributed by atoms with Gasteiger partial charge >= 0.3 is 0 Å². The number of amides is 1. The average molecular weight is 279 g/mol. The quantitative estimate of drug-likeness (QED) is 0.838. The second kappa shape index (κ2) is 6.67. The summed E-state index contributed by atoms with van der Waals surface area (Å²) in [4.78, 5) is 18.3. The molecule has 110 valence electrons. The first kappa shape index (κ1) is 14.7. The lowest BCUT2D eigenvalue weighted by Gasteiger charge is -2.36. The van der Waals surface area contributed by atoms with Crippen LogP contribution < -0.4 is 10.2 Å². The van der Waals surface area contributed by atoms with Gasteiger partial charge in [0.15, 0.2) is 0 Å². The maximum atomic E-state index is 12.1. The number of pyridine rings is 1. The number of hydrogen-bond donors (Lipinski definition) is 2. The molecule has 0 spiro atoms. The van der Waals surface area contributed by atoms with E-state index in [-0.39, 0.29) is 11.9 Å². The van der Waals surface area contributed by atoms with E-state index in [0.29, 0.717) is 32.0 Å². The highest BCUT2D eigenvalue weighted by Gasteiger charge is 2.29. The van der Waals surface area contributed by atoms with Crippen molar-refractivity contribution in [3.8, 4) is 0 Å². The van der Waals surface area contributed by atoms with Gasteiger partial charge in [-0.05, 0) is 26.0 Å². The number of morpholine rings is 1. The van der Waals surface area contributed by atoms with Crippen molar-refractivity contribution in [2.45, 2.75) is 26.0 Å². The lowest BCUT2D eigenvalue weighted by molar-refractivity contribution is -0.124. The molecule has 1 saturated heterocycles. The second-order valence-corrected chi connectivity index (χ2v) is 4.80. The van der Waals surface area contributed by atoms with E-state index in [9.17, 15) is 9.90 Å². The van der Waals surface area contributed by atoms with Crippen LogP contribution in [-0.2, 0) is 9.53 Å². The number of aromatic nitrogens is 1. The Morgan fingerprint density at radius 3 is 3.05 bits per heavy atom. The molecular weight excluding hydrogens is 258 g/mol. The highest BCUT2D eigenvalue weighted by molar-refractivity contribution is 5.85. The van der Waals surface area contributed by atoms with E-state index in [1.807, 2.05) is 17.9 Å². The SMILES string of the molecule is CCNC(=O)C1COCCN1c1ccc([C@H](C)O)nc1. The number of carbonyl (C=O) groups is 1. The molecule has 6 heteroatoms. The summed E-state index contributed by atoms with van der Waals surface area (Å²) in [6.07, 6.45) is 1.10. The zero-order valence-electron chi connectivity index (χ0n) is 11.9. The van der Waals surface area contributed by atoms with Crippen LogP contribution in [0.4, 0.5) is 5.69 Å². The molecular formula is C14H21N3O3. The number of hydrogen-bond acceptors (Lipinski definition) is 5. The van der Waals surface area contributed by atoms with Gasteiger partial charge in [0.2, 0.25) is 5.91 Å². The van der Waals surface area contributed by atoms with Gasteiger partial charge in [-0.2, -0.15) is 0 Å². The zero-order chi connectivity index (χ0) is 14.5. The van der Waals surface area contributed by atoms with Crippen LogP contribution in [0, 0.1) is 0 Å². The number of nitrogens with one attached hydrogen (secondary N) is 1. The Hall–Kier alpha value is -1.66. The van der Waals surface area contributed by atoms with Crippen LogP contribution >= 0.6 is 0 Å². The third-order valence-electron chi connectivity index (χ3n) is 3.31. The summed E-state index contributed by atoms with van der Waals surface area (Å²) in [6.45, 7) is 5.79. The first-order valence-electron chi connectivity index (χ1n) is 6.89. The van der Waals surface area contributed by atoms with Crippen LogP contribution in [0.25, 0.3) is 0 Å². The molecule has 2 rings (SSSR count). The molecule has 1 amide bonds. The summed E-state index contributed by atoms with van der Waals surface area (Å²) in [5.74, 6) is -0.0354. The molecule has 0 aromatic carbocycles. The summed E-state index contributed by atoms with van der Waals surface area (Å²) in [5, 5.41) is 12.3. The van der Waals surface area contributed by atoms with Crippen LogP contribution in [0.2, 0.25) is 0 Å². The Kier molecular flexibility index (Phi) is 4.92. The van der Waals surface area contributed by atoms with Gasteiger partial charge in [0, 0.05) is 13.1 Å². The van der Waals surface area contributed by atoms with Crippen LogP contribution in [0.1, 0.15) is 25.6 Å². The van der Waals surface area contributed by atoms with Gasteiger partial charge in [0.25, 0.3) is 0 Å². The van der Waals surface area contributed by atoms with E-state index in [1.165, 1.54) is 0 Å². The molecule has 0 aliphatic carbocycles. The standard InChI is InChI=1S/C14H21N3O3/c1-3-15-14(19)13-9-20-7-6-17(13)11-4-5-12(10(2)18)16-8-11/h4-5,8,10,13,18H,3,6-7,9H2,1-2H3,(H,15,19)/t10-,13?/m0/s1.